The van der Waals surface area contributed by atoms with Crippen LogP contribution in [0.2, 0.25) is 0 Å². The average Bonchev–Trinajstić information content (AvgIpc) is 2.25. The van der Waals surface area contributed by atoms with Gasteiger partial charge in [0.15, 0.2) is 0 Å². The fourth-order valence-corrected chi connectivity index (χ4v) is 2.35. The lowest BCUT2D eigenvalue weighted by Gasteiger charge is -2.28. The molecule has 19 heavy (non-hydrogen) atoms. The van der Waals surface area contributed by atoms with Crippen molar-refractivity contribution in [1.82, 2.24) is 5.32 Å². The molecule has 3 heteroatoms. The molecular weight excluding hydrogens is 236 g/mol. The molecule has 2 rings (SSSR count). The van der Waals surface area contributed by atoms with Crippen molar-refractivity contribution < 1.29 is 4.79 Å². The van der Waals surface area contributed by atoms with Crippen LogP contribution in [-0.4, -0.2) is 12.1 Å². The number of para-hydroxylation sites is 1. The Hall–Kier alpha value is -1.51. The van der Waals surface area contributed by atoms with E-state index in [2.05, 4.69) is 37.5 Å². The van der Waals surface area contributed by atoms with E-state index in [1.54, 1.807) is 0 Å². The van der Waals surface area contributed by atoms with Crippen molar-refractivity contribution in [3.05, 3.63) is 29.3 Å². The van der Waals surface area contributed by atoms with Crippen LogP contribution in [0.25, 0.3) is 0 Å². The number of urea groups is 1. The normalized spacial score (nSPS) is 15.8. The second kappa shape index (κ2) is 5.24. The van der Waals surface area contributed by atoms with Crippen molar-refractivity contribution in [2.75, 3.05) is 5.32 Å². The van der Waals surface area contributed by atoms with Gasteiger partial charge in [0.25, 0.3) is 0 Å². The second-order valence-electron chi connectivity index (χ2n) is 6.47. The summed E-state index contributed by atoms with van der Waals surface area (Å²) in [6, 6.07) is 6.46. The molecule has 1 saturated carbocycles. The Morgan fingerprint density at radius 3 is 2.47 bits per heavy atom. The Bertz CT molecular complexity index is 470. The fourth-order valence-electron chi connectivity index (χ4n) is 2.35. The van der Waals surface area contributed by atoms with Gasteiger partial charge in [-0.1, -0.05) is 39.0 Å². The molecule has 2 amide bonds. The summed E-state index contributed by atoms with van der Waals surface area (Å²) in [5.74, 6) is 0. The maximum absolute atomic E-state index is 12.0. The number of hydrogen-bond donors (Lipinski definition) is 2. The molecule has 1 aliphatic carbocycles. The van der Waals surface area contributed by atoms with Crippen LogP contribution in [0.4, 0.5) is 10.5 Å². The van der Waals surface area contributed by atoms with E-state index in [0.29, 0.717) is 6.04 Å². The van der Waals surface area contributed by atoms with Crippen LogP contribution < -0.4 is 10.6 Å². The van der Waals surface area contributed by atoms with E-state index in [1.165, 1.54) is 12.0 Å². The molecule has 0 spiro atoms. The molecule has 3 nitrogen and oxygen atoms in total. The van der Waals surface area contributed by atoms with E-state index in [0.717, 1.165) is 24.1 Å². The molecule has 104 valence electrons. The average molecular weight is 260 g/mol. The van der Waals surface area contributed by atoms with Gasteiger partial charge in [-0.2, -0.15) is 0 Å². The van der Waals surface area contributed by atoms with Crippen molar-refractivity contribution in [3.63, 3.8) is 0 Å². The molecule has 0 heterocycles. The Morgan fingerprint density at radius 1 is 1.26 bits per heavy atom. The lowest BCUT2D eigenvalue weighted by atomic mass is 9.84. The molecule has 2 N–H and O–H groups in total. The summed E-state index contributed by atoms with van der Waals surface area (Å²) in [7, 11) is 0. The molecule has 0 unspecified atom stereocenters. The van der Waals surface area contributed by atoms with E-state index >= 15 is 0 Å². The topological polar surface area (TPSA) is 41.1 Å². The van der Waals surface area contributed by atoms with Gasteiger partial charge in [0.1, 0.15) is 0 Å². The zero-order valence-electron chi connectivity index (χ0n) is 12.3. The Labute approximate surface area is 115 Å². The molecule has 0 aromatic heterocycles. The van der Waals surface area contributed by atoms with Crippen LogP contribution in [0.5, 0.6) is 0 Å². The van der Waals surface area contributed by atoms with Crippen molar-refractivity contribution in [3.8, 4) is 0 Å². The molecule has 1 aromatic rings. The quantitative estimate of drug-likeness (QED) is 0.830. The van der Waals surface area contributed by atoms with Crippen molar-refractivity contribution in [2.24, 2.45) is 0 Å². The number of rotatable bonds is 2. The lowest BCUT2D eigenvalue weighted by Crippen LogP contribution is -2.42. The Kier molecular flexibility index (Phi) is 3.83. The number of benzene rings is 1. The minimum Gasteiger partial charge on any atom is -0.335 e. The largest absolute Gasteiger partial charge is 0.335 e. The van der Waals surface area contributed by atoms with Crippen LogP contribution >= 0.6 is 0 Å². The van der Waals surface area contributed by atoms with Gasteiger partial charge in [0.05, 0.1) is 0 Å². The summed E-state index contributed by atoms with van der Waals surface area (Å²) in [6.45, 7) is 8.53. The third-order valence-electron chi connectivity index (χ3n) is 3.76. The van der Waals surface area contributed by atoms with Gasteiger partial charge >= 0.3 is 6.03 Å². The molecule has 0 atom stereocenters. The highest BCUT2D eigenvalue weighted by Crippen LogP contribution is 2.31. The smallest absolute Gasteiger partial charge is 0.319 e. The molecular formula is C16H24N2O. The predicted molar refractivity (Wildman–Crippen MR) is 79.7 cm³/mol. The second-order valence-corrected chi connectivity index (χ2v) is 6.47. The van der Waals surface area contributed by atoms with Crippen LogP contribution in [-0.2, 0) is 5.41 Å². The first-order valence-electron chi connectivity index (χ1n) is 7.05. The molecule has 0 radical (unpaired) electrons. The van der Waals surface area contributed by atoms with Gasteiger partial charge < -0.3 is 10.6 Å². The van der Waals surface area contributed by atoms with Crippen LogP contribution in [0.15, 0.2) is 18.2 Å². The summed E-state index contributed by atoms with van der Waals surface area (Å²) in [4.78, 5) is 12.0. The van der Waals surface area contributed by atoms with Gasteiger partial charge in [0, 0.05) is 11.7 Å². The van der Waals surface area contributed by atoms with Gasteiger partial charge in [-0.3, -0.25) is 0 Å². The third kappa shape index (κ3) is 3.28. The minimum atomic E-state index is -0.0792. The first-order valence-corrected chi connectivity index (χ1v) is 7.05. The fraction of sp³-hybridized carbons (Fsp3) is 0.562. The number of carbonyl (C=O) groups excluding carboxylic acids is 1. The van der Waals surface area contributed by atoms with Gasteiger partial charge in [-0.05, 0) is 42.7 Å². The summed E-state index contributed by atoms with van der Waals surface area (Å²) >= 11 is 0. The van der Waals surface area contributed by atoms with Gasteiger partial charge in [-0.25, -0.2) is 4.79 Å². The highest BCUT2D eigenvalue weighted by Gasteiger charge is 2.22. The van der Waals surface area contributed by atoms with E-state index in [9.17, 15) is 4.79 Å². The highest BCUT2D eigenvalue weighted by molar-refractivity contribution is 5.91. The van der Waals surface area contributed by atoms with Crippen molar-refractivity contribution in [2.45, 2.75) is 58.4 Å². The molecule has 0 aliphatic heterocycles. The van der Waals surface area contributed by atoms with Crippen molar-refractivity contribution >= 4 is 11.7 Å². The number of carbonyl (C=O) groups is 1. The maximum atomic E-state index is 12.0. The first-order chi connectivity index (χ1) is 8.88. The van der Waals surface area contributed by atoms with E-state index in [4.69, 9.17) is 0 Å². The maximum Gasteiger partial charge on any atom is 0.319 e. The highest BCUT2D eigenvalue weighted by atomic mass is 16.2. The van der Waals surface area contributed by atoms with Crippen LogP contribution in [0, 0.1) is 6.92 Å². The van der Waals surface area contributed by atoms with E-state index < -0.39 is 0 Å². The number of aryl methyl sites for hydroxylation is 1. The number of nitrogens with one attached hydrogen (secondary N) is 2. The predicted octanol–water partition coefficient (Wildman–Crippen LogP) is 3.97. The summed E-state index contributed by atoms with van der Waals surface area (Å²) < 4.78 is 0. The Morgan fingerprint density at radius 2 is 1.95 bits per heavy atom. The Balaban J connectivity index is 2.16. The summed E-state index contributed by atoms with van der Waals surface area (Å²) in [5.41, 5.74) is 3.25. The molecule has 0 bridgehead atoms. The minimum absolute atomic E-state index is 0.0190. The number of anilines is 1. The molecule has 1 aromatic carbocycles. The molecule has 1 fully saturated rings. The van der Waals surface area contributed by atoms with Crippen molar-refractivity contribution in [1.29, 1.82) is 0 Å². The zero-order valence-corrected chi connectivity index (χ0v) is 12.3. The SMILES string of the molecule is Cc1cccc(C(C)(C)C)c1NC(=O)NC1CCC1. The molecule has 0 saturated heterocycles. The van der Waals surface area contributed by atoms with E-state index in [1.807, 2.05) is 19.1 Å². The zero-order chi connectivity index (χ0) is 14.0. The lowest BCUT2D eigenvalue weighted by molar-refractivity contribution is 0.240. The molecule has 1 aliphatic rings. The van der Waals surface area contributed by atoms with E-state index in [-0.39, 0.29) is 11.4 Å². The standard InChI is InChI=1S/C16H24N2O/c1-11-7-5-10-13(16(2,3)4)14(11)18-15(19)17-12-8-6-9-12/h5,7,10,12H,6,8-9H2,1-4H3,(H2,17,18,19). The first kappa shape index (κ1) is 13.9. The third-order valence-corrected chi connectivity index (χ3v) is 3.76. The summed E-state index contributed by atoms with van der Waals surface area (Å²) in [6.07, 6.45) is 3.43. The number of hydrogen-bond acceptors (Lipinski definition) is 1. The summed E-state index contributed by atoms with van der Waals surface area (Å²) in [5, 5.41) is 6.06. The van der Waals surface area contributed by atoms with Gasteiger partial charge in [0.2, 0.25) is 0 Å². The van der Waals surface area contributed by atoms with Crippen LogP contribution in [0.3, 0.4) is 0 Å². The number of amides is 2. The van der Waals surface area contributed by atoms with Gasteiger partial charge in [-0.15, -0.1) is 0 Å². The monoisotopic (exact) mass is 260 g/mol. The van der Waals surface area contributed by atoms with Crippen LogP contribution in [0.1, 0.15) is 51.2 Å².